The Morgan fingerprint density at radius 1 is 1.20 bits per heavy atom. The Kier molecular flexibility index (Phi) is 5.01. The zero-order valence-corrected chi connectivity index (χ0v) is 16.2. The third kappa shape index (κ3) is 3.90. The lowest BCUT2D eigenvalue weighted by atomic mass is 10.1. The van der Waals surface area contributed by atoms with Gasteiger partial charge in [-0.3, -0.25) is 14.9 Å². The number of fused-ring (bicyclic) bond motifs is 1. The number of hydrogen-bond acceptors (Lipinski definition) is 8. The number of esters is 1. The van der Waals surface area contributed by atoms with Crippen LogP contribution in [-0.2, 0) is 16.0 Å². The van der Waals surface area contributed by atoms with Crippen molar-refractivity contribution in [1.82, 2.24) is 10.2 Å². The monoisotopic (exact) mass is 407 g/mol. The summed E-state index contributed by atoms with van der Waals surface area (Å²) >= 11 is 0. The van der Waals surface area contributed by atoms with Gasteiger partial charge in [-0.1, -0.05) is 12.1 Å². The molecule has 4 aromatic rings. The molecule has 0 aliphatic rings. The third-order valence-corrected chi connectivity index (χ3v) is 4.57. The van der Waals surface area contributed by atoms with Crippen LogP contribution in [-0.4, -0.2) is 21.1 Å². The first-order chi connectivity index (χ1) is 14.4. The molecule has 1 atom stereocenters. The quantitative estimate of drug-likeness (QED) is 0.259. The molecule has 152 valence electrons. The number of aromatic nitrogens is 2. The number of non-ortho nitro benzene ring substituents is 1. The number of furan rings is 1. The van der Waals surface area contributed by atoms with Crippen LogP contribution in [0.15, 0.2) is 57.6 Å². The van der Waals surface area contributed by atoms with Crippen LogP contribution in [0.4, 0.5) is 5.69 Å². The summed E-state index contributed by atoms with van der Waals surface area (Å²) in [6, 6.07) is 11.5. The first kappa shape index (κ1) is 19.3. The molecule has 0 unspecified atom stereocenters. The van der Waals surface area contributed by atoms with Crippen molar-refractivity contribution in [3.05, 3.63) is 75.9 Å². The standard InChI is InChI=1S/C21H17N3O6/c1-12-3-8-17-15(11-28-18(17)9-12)10-19(25)29-13(2)20-22-23-21(30-20)14-4-6-16(7-5-14)24(26)27/h3-9,11,13H,10H2,1-2H3/t13-/m0/s1. The molecule has 0 fully saturated rings. The summed E-state index contributed by atoms with van der Waals surface area (Å²) in [5.41, 5.74) is 3.01. The van der Waals surface area contributed by atoms with Gasteiger partial charge < -0.3 is 13.6 Å². The number of rotatable bonds is 6. The fraction of sp³-hybridized carbons (Fsp3) is 0.190. The van der Waals surface area contributed by atoms with Crippen LogP contribution in [0, 0.1) is 17.0 Å². The van der Waals surface area contributed by atoms with Crippen molar-refractivity contribution >= 4 is 22.6 Å². The van der Waals surface area contributed by atoms with E-state index < -0.39 is 17.0 Å². The van der Waals surface area contributed by atoms with Crippen LogP contribution in [0.2, 0.25) is 0 Å². The average Bonchev–Trinajstić information content (AvgIpc) is 3.35. The Bertz CT molecular complexity index is 1230. The normalized spacial score (nSPS) is 12.1. The molecule has 0 saturated carbocycles. The molecular weight excluding hydrogens is 390 g/mol. The number of aryl methyl sites for hydroxylation is 1. The van der Waals surface area contributed by atoms with Crippen LogP contribution in [0.1, 0.15) is 30.0 Å². The van der Waals surface area contributed by atoms with Crippen molar-refractivity contribution in [2.45, 2.75) is 26.4 Å². The summed E-state index contributed by atoms with van der Waals surface area (Å²) in [6.45, 7) is 3.59. The molecule has 0 N–H and O–H groups in total. The first-order valence-corrected chi connectivity index (χ1v) is 9.15. The summed E-state index contributed by atoms with van der Waals surface area (Å²) in [5.74, 6) is -0.149. The highest BCUT2D eigenvalue weighted by Gasteiger charge is 2.20. The van der Waals surface area contributed by atoms with Gasteiger partial charge in [0.15, 0.2) is 6.10 Å². The van der Waals surface area contributed by atoms with E-state index in [1.165, 1.54) is 24.3 Å². The topological polar surface area (TPSA) is 122 Å². The van der Waals surface area contributed by atoms with Gasteiger partial charge in [-0.05, 0) is 37.6 Å². The van der Waals surface area contributed by atoms with E-state index in [0.29, 0.717) is 5.56 Å². The average molecular weight is 407 g/mol. The number of ether oxygens (including phenoxy) is 1. The SMILES string of the molecule is Cc1ccc2c(CC(=O)O[C@@H](C)c3nnc(-c4ccc([N+](=O)[O-])cc4)o3)coc2c1. The molecule has 30 heavy (non-hydrogen) atoms. The van der Waals surface area contributed by atoms with Gasteiger partial charge in [0.2, 0.25) is 5.89 Å². The highest BCUT2D eigenvalue weighted by molar-refractivity contribution is 5.86. The molecule has 2 heterocycles. The van der Waals surface area contributed by atoms with Crippen molar-refractivity contribution in [3.63, 3.8) is 0 Å². The Labute approximate surface area is 170 Å². The maximum Gasteiger partial charge on any atom is 0.311 e. The van der Waals surface area contributed by atoms with Crippen LogP contribution in [0.3, 0.4) is 0 Å². The van der Waals surface area contributed by atoms with Crippen LogP contribution in [0.5, 0.6) is 0 Å². The highest BCUT2D eigenvalue weighted by atomic mass is 16.6. The fourth-order valence-electron chi connectivity index (χ4n) is 3.01. The predicted molar refractivity (Wildman–Crippen MR) is 106 cm³/mol. The van der Waals surface area contributed by atoms with E-state index >= 15 is 0 Å². The van der Waals surface area contributed by atoms with Gasteiger partial charge in [-0.15, -0.1) is 10.2 Å². The van der Waals surface area contributed by atoms with Gasteiger partial charge in [0.25, 0.3) is 11.6 Å². The van der Waals surface area contributed by atoms with Crippen LogP contribution >= 0.6 is 0 Å². The molecule has 0 saturated heterocycles. The Morgan fingerprint density at radius 2 is 1.97 bits per heavy atom. The minimum Gasteiger partial charge on any atom is -0.464 e. The number of carbonyl (C=O) groups excluding carboxylic acids is 1. The Balaban J connectivity index is 1.43. The predicted octanol–water partition coefficient (Wildman–Crippen LogP) is 4.55. The number of carbonyl (C=O) groups is 1. The first-order valence-electron chi connectivity index (χ1n) is 9.15. The third-order valence-electron chi connectivity index (χ3n) is 4.57. The van der Waals surface area contributed by atoms with Crippen LogP contribution < -0.4 is 0 Å². The molecule has 4 rings (SSSR count). The Morgan fingerprint density at radius 3 is 2.70 bits per heavy atom. The van der Waals surface area contributed by atoms with E-state index in [4.69, 9.17) is 13.6 Å². The van der Waals surface area contributed by atoms with E-state index in [1.807, 2.05) is 25.1 Å². The number of nitro groups is 1. The van der Waals surface area contributed by atoms with Gasteiger partial charge in [0.05, 0.1) is 17.6 Å². The molecule has 0 amide bonds. The smallest absolute Gasteiger partial charge is 0.311 e. The van der Waals surface area contributed by atoms with Gasteiger partial charge in [-0.2, -0.15) is 0 Å². The molecule has 0 spiro atoms. The van der Waals surface area contributed by atoms with E-state index in [-0.39, 0.29) is 23.9 Å². The fourth-order valence-corrected chi connectivity index (χ4v) is 3.01. The Hall–Kier alpha value is -4.01. The minimum absolute atomic E-state index is 0.0391. The highest BCUT2D eigenvalue weighted by Crippen LogP contribution is 2.26. The molecule has 2 aromatic heterocycles. The van der Waals surface area contributed by atoms with E-state index in [2.05, 4.69) is 10.2 Å². The van der Waals surface area contributed by atoms with E-state index in [0.717, 1.165) is 22.1 Å². The summed E-state index contributed by atoms with van der Waals surface area (Å²) in [7, 11) is 0. The van der Waals surface area contributed by atoms with Crippen molar-refractivity contribution in [2.75, 3.05) is 0 Å². The lowest BCUT2D eigenvalue weighted by Gasteiger charge is -2.08. The van der Waals surface area contributed by atoms with Crippen molar-refractivity contribution in [1.29, 1.82) is 0 Å². The number of nitrogens with zero attached hydrogens (tertiary/aromatic N) is 3. The molecule has 0 aliphatic carbocycles. The van der Waals surface area contributed by atoms with Gasteiger partial charge in [0.1, 0.15) is 5.58 Å². The van der Waals surface area contributed by atoms with E-state index in [9.17, 15) is 14.9 Å². The molecule has 0 radical (unpaired) electrons. The summed E-state index contributed by atoms with van der Waals surface area (Å²) in [4.78, 5) is 22.6. The molecule has 2 aromatic carbocycles. The van der Waals surface area contributed by atoms with Gasteiger partial charge in [-0.25, -0.2) is 0 Å². The summed E-state index contributed by atoms with van der Waals surface area (Å²) in [5, 5.41) is 19.4. The van der Waals surface area contributed by atoms with E-state index in [1.54, 1.807) is 13.2 Å². The zero-order chi connectivity index (χ0) is 21.3. The summed E-state index contributed by atoms with van der Waals surface area (Å²) < 4.78 is 16.5. The number of benzene rings is 2. The van der Waals surface area contributed by atoms with Crippen LogP contribution in [0.25, 0.3) is 22.4 Å². The number of nitro benzene ring substituents is 1. The van der Waals surface area contributed by atoms with Gasteiger partial charge in [0, 0.05) is 28.6 Å². The lowest BCUT2D eigenvalue weighted by molar-refractivity contribution is -0.384. The second-order valence-corrected chi connectivity index (χ2v) is 6.82. The maximum atomic E-state index is 12.4. The molecular formula is C21H17N3O6. The second-order valence-electron chi connectivity index (χ2n) is 6.82. The van der Waals surface area contributed by atoms with Crippen molar-refractivity contribution < 1.29 is 23.3 Å². The zero-order valence-electron chi connectivity index (χ0n) is 16.2. The molecule has 0 bridgehead atoms. The van der Waals surface area contributed by atoms with Gasteiger partial charge >= 0.3 is 5.97 Å². The largest absolute Gasteiger partial charge is 0.464 e. The lowest BCUT2D eigenvalue weighted by Crippen LogP contribution is -2.11. The minimum atomic E-state index is -0.753. The number of hydrogen-bond donors (Lipinski definition) is 0. The molecule has 9 heteroatoms. The maximum absolute atomic E-state index is 12.4. The molecule has 0 aliphatic heterocycles. The second kappa shape index (κ2) is 7.78. The molecule has 9 nitrogen and oxygen atoms in total. The van der Waals surface area contributed by atoms with Crippen molar-refractivity contribution in [3.8, 4) is 11.5 Å². The van der Waals surface area contributed by atoms with Crippen molar-refractivity contribution in [2.24, 2.45) is 0 Å². The summed E-state index contributed by atoms with van der Waals surface area (Å²) in [6.07, 6.45) is 0.844.